The van der Waals surface area contributed by atoms with Crippen LogP contribution in [0.4, 0.5) is 5.69 Å². The molecule has 7 heteroatoms. The molecule has 2 unspecified atom stereocenters. The van der Waals surface area contributed by atoms with Crippen molar-refractivity contribution in [3.8, 4) is 0 Å². The summed E-state index contributed by atoms with van der Waals surface area (Å²) in [6, 6.07) is 3.46. The predicted octanol–water partition coefficient (Wildman–Crippen LogP) is 1.29. The molecule has 1 aromatic heterocycles. The van der Waals surface area contributed by atoms with Crippen LogP contribution in [-0.2, 0) is 10.0 Å². The Kier molecular flexibility index (Phi) is 5.18. The molecule has 6 nitrogen and oxygen atoms in total. The maximum absolute atomic E-state index is 12.7. The molecule has 2 N–H and O–H groups in total. The highest BCUT2D eigenvalue weighted by Crippen LogP contribution is 2.28. The zero-order chi connectivity index (χ0) is 15.5. The van der Waals surface area contributed by atoms with E-state index >= 15 is 0 Å². The van der Waals surface area contributed by atoms with Gasteiger partial charge in [-0.3, -0.25) is 0 Å². The zero-order valence-electron chi connectivity index (χ0n) is 12.5. The number of aromatic nitrogens is 1. The third-order valence-corrected chi connectivity index (χ3v) is 5.62. The molecule has 0 aromatic carbocycles. The standard InChI is InChI=1S/C14H23N3O3S/c1-3-7-15-13-5-4-8-16-14(13)21(19,20)17-9-6-12(10-17)11(2)18/h4-5,8,11-12,15,18H,3,6-7,9-10H2,1-2H3. The van der Waals surface area contributed by atoms with Gasteiger partial charge >= 0.3 is 0 Å². The summed E-state index contributed by atoms with van der Waals surface area (Å²) in [5.41, 5.74) is 0.542. The fraction of sp³-hybridized carbons (Fsp3) is 0.643. The lowest BCUT2D eigenvalue weighted by Gasteiger charge is -2.19. The Balaban J connectivity index is 2.24. The summed E-state index contributed by atoms with van der Waals surface area (Å²) in [5, 5.41) is 12.8. The molecule has 0 amide bonds. The van der Waals surface area contributed by atoms with Crippen molar-refractivity contribution in [1.82, 2.24) is 9.29 Å². The van der Waals surface area contributed by atoms with Crippen molar-refractivity contribution in [3.05, 3.63) is 18.3 Å². The van der Waals surface area contributed by atoms with Gasteiger partial charge in [0.15, 0.2) is 5.03 Å². The van der Waals surface area contributed by atoms with Gasteiger partial charge < -0.3 is 10.4 Å². The molecule has 0 spiro atoms. The molecule has 0 radical (unpaired) electrons. The van der Waals surface area contributed by atoms with Crippen LogP contribution in [0.1, 0.15) is 26.7 Å². The molecule has 2 atom stereocenters. The summed E-state index contributed by atoms with van der Waals surface area (Å²) >= 11 is 0. The number of sulfonamides is 1. The minimum absolute atomic E-state index is 0.00413. The zero-order valence-corrected chi connectivity index (χ0v) is 13.3. The van der Waals surface area contributed by atoms with Gasteiger partial charge in [0, 0.05) is 25.8 Å². The van der Waals surface area contributed by atoms with Crippen LogP contribution in [0.3, 0.4) is 0 Å². The van der Waals surface area contributed by atoms with Crippen molar-refractivity contribution in [2.75, 3.05) is 25.0 Å². The number of hydrogen-bond acceptors (Lipinski definition) is 5. The van der Waals surface area contributed by atoms with E-state index in [-0.39, 0.29) is 10.9 Å². The summed E-state index contributed by atoms with van der Waals surface area (Å²) in [6.07, 6.45) is 2.59. The number of aliphatic hydroxyl groups excluding tert-OH is 1. The average Bonchev–Trinajstić information content (AvgIpc) is 2.96. The van der Waals surface area contributed by atoms with Crippen LogP contribution in [-0.4, -0.2) is 48.6 Å². The monoisotopic (exact) mass is 313 g/mol. The van der Waals surface area contributed by atoms with Gasteiger partial charge in [-0.15, -0.1) is 0 Å². The normalized spacial score (nSPS) is 21.4. The van der Waals surface area contributed by atoms with Crippen LogP contribution in [0.2, 0.25) is 0 Å². The highest BCUT2D eigenvalue weighted by atomic mass is 32.2. The Labute approximate surface area is 126 Å². The van der Waals surface area contributed by atoms with Gasteiger partial charge in [-0.2, -0.15) is 4.31 Å². The lowest BCUT2D eigenvalue weighted by Crippen LogP contribution is -2.31. The molecule has 118 valence electrons. The molecule has 0 bridgehead atoms. The van der Waals surface area contributed by atoms with Crippen molar-refractivity contribution in [3.63, 3.8) is 0 Å². The molecule has 1 saturated heterocycles. The van der Waals surface area contributed by atoms with E-state index in [1.165, 1.54) is 10.5 Å². The quantitative estimate of drug-likeness (QED) is 0.827. The van der Waals surface area contributed by atoms with Crippen molar-refractivity contribution >= 4 is 15.7 Å². The molecule has 1 aliphatic rings. The second kappa shape index (κ2) is 6.72. The number of rotatable bonds is 6. The van der Waals surface area contributed by atoms with Gasteiger partial charge in [0.1, 0.15) is 0 Å². The number of aliphatic hydroxyl groups is 1. The number of nitrogens with one attached hydrogen (secondary N) is 1. The number of pyridine rings is 1. The van der Waals surface area contributed by atoms with E-state index < -0.39 is 16.1 Å². The van der Waals surface area contributed by atoms with E-state index in [4.69, 9.17) is 0 Å². The highest BCUT2D eigenvalue weighted by Gasteiger charge is 2.36. The SMILES string of the molecule is CCCNc1cccnc1S(=O)(=O)N1CCC(C(C)O)C1. The van der Waals surface area contributed by atoms with Crippen molar-refractivity contribution in [2.24, 2.45) is 5.92 Å². The lowest BCUT2D eigenvalue weighted by atomic mass is 10.0. The van der Waals surface area contributed by atoms with E-state index in [1.807, 2.05) is 6.92 Å². The number of anilines is 1. The van der Waals surface area contributed by atoms with Crippen LogP contribution < -0.4 is 5.32 Å². The summed E-state index contributed by atoms with van der Waals surface area (Å²) in [5.74, 6) is -0.00413. The molecule has 0 aliphatic carbocycles. The average molecular weight is 313 g/mol. The Morgan fingerprint density at radius 2 is 2.33 bits per heavy atom. The summed E-state index contributed by atoms with van der Waals surface area (Å²) in [6.45, 7) is 5.21. The summed E-state index contributed by atoms with van der Waals surface area (Å²) in [7, 11) is -3.62. The number of hydrogen-bond donors (Lipinski definition) is 2. The first-order chi connectivity index (χ1) is 9.96. The molecule has 1 aromatic rings. The van der Waals surface area contributed by atoms with Gasteiger partial charge in [0.05, 0.1) is 11.8 Å². The molecule has 0 saturated carbocycles. The van der Waals surface area contributed by atoms with Gasteiger partial charge in [0.2, 0.25) is 0 Å². The van der Waals surface area contributed by atoms with Gasteiger partial charge in [-0.1, -0.05) is 6.92 Å². The van der Waals surface area contributed by atoms with E-state index in [0.717, 1.165) is 6.42 Å². The molecule has 1 aliphatic heterocycles. The minimum atomic E-state index is -3.62. The van der Waals surface area contributed by atoms with Crippen molar-refractivity contribution in [1.29, 1.82) is 0 Å². The Morgan fingerprint density at radius 3 is 2.95 bits per heavy atom. The maximum Gasteiger partial charge on any atom is 0.262 e. The van der Waals surface area contributed by atoms with E-state index in [0.29, 0.717) is 31.7 Å². The first-order valence-electron chi connectivity index (χ1n) is 7.34. The fourth-order valence-electron chi connectivity index (χ4n) is 2.48. The molecular formula is C14H23N3O3S. The topological polar surface area (TPSA) is 82.5 Å². The van der Waals surface area contributed by atoms with Crippen molar-refractivity contribution in [2.45, 2.75) is 37.8 Å². The Bertz CT molecular complexity index is 575. The highest BCUT2D eigenvalue weighted by molar-refractivity contribution is 7.89. The lowest BCUT2D eigenvalue weighted by molar-refractivity contribution is 0.133. The largest absolute Gasteiger partial charge is 0.393 e. The van der Waals surface area contributed by atoms with Crippen LogP contribution >= 0.6 is 0 Å². The maximum atomic E-state index is 12.7. The van der Waals surface area contributed by atoms with E-state index in [2.05, 4.69) is 10.3 Å². The Morgan fingerprint density at radius 1 is 1.57 bits per heavy atom. The molecule has 2 rings (SSSR count). The van der Waals surface area contributed by atoms with Crippen LogP contribution in [0.25, 0.3) is 0 Å². The second-order valence-corrected chi connectivity index (χ2v) is 7.29. The van der Waals surface area contributed by atoms with Gasteiger partial charge in [-0.05, 0) is 37.8 Å². The molecule has 21 heavy (non-hydrogen) atoms. The number of nitrogens with zero attached hydrogens (tertiary/aromatic N) is 2. The van der Waals surface area contributed by atoms with Crippen LogP contribution in [0.15, 0.2) is 23.4 Å². The minimum Gasteiger partial charge on any atom is -0.393 e. The fourth-order valence-corrected chi connectivity index (χ4v) is 4.07. The van der Waals surface area contributed by atoms with Crippen LogP contribution in [0, 0.1) is 5.92 Å². The van der Waals surface area contributed by atoms with Crippen molar-refractivity contribution < 1.29 is 13.5 Å². The van der Waals surface area contributed by atoms with E-state index in [9.17, 15) is 13.5 Å². The van der Waals surface area contributed by atoms with Crippen LogP contribution in [0.5, 0.6) is 0 Å². The summed E-state index contributed by atoms with van der Waals surface area (Å²) in [4.78, 5) is 4.06. The smallest absolute Gasteiger partial charge is 0.262 e. The van der Waals surface area contributed by atoms with Gasteiger partial charge in [-0.25, -0.2) is 13.4 Å². The first kappa shape index (κ1) is 16.2. The summed E-state index contributed by atoms with van der Waals surface area (Å²) < 4.78 is 26.9. The third kappa shape index (κ3) is 3.53. The first-order valence-corrected chi connectivity index (χ1v) is 8.78. The Hall–Kier alpha value is -1.18. The second-order valence-electron chi connectivity index (χ2n) is 5.44. The third-order valence-electron chi connectivity index (χ3n) is 3.79. The molecule has 2 heterocycles. The van der Waals surface area contributed by atoms with E-state index in [1.54, 1.807) is 19.1 Å². The molecule has 1 fully saturated rings. The molecular weight excluding hydrogens is 290 g/mol. The van der Waals surface area contributed by atoms with Gasteiger partial charge in [0.25, 0.3) is 10.0 Å². The predicted molar refractivity (Wildman–Crippen MR) is 81.6 cm³/mol.